The summed E-state index contributed by atoms with van der Waals surface area (Å²) in [6.45, 7) is 1.60. The van der Waals surface area contributed by atoms with Gasteiger partial charge in [-0.3, -0.25) is 14.5 Å². The first-order valence-corrected chi connectivity index (χ1v) is 12.6. The Labute approximate surface area is 211 Å². The molecule has 0 bridgehead atoms. The van der Waals surface area contributed by atoms with Crippen LogP contribution in [-0.2, 0) is 34.4 Å². The number of nitrogens with zero attached hydrogens (tertiary/aromatic N) is 1. The minimum atomic E-state index is -1.26. The van der Waals surface area contributed by atoms with Crippen LogP contribution in [-0.4, -0.2) is 29.3 Å². The summed E-state index contributed by atoms with van der Waals surface area (Å²) in [6, 6.07) is 24.4. The van der Waals surface area contributed by atoms with Gasteiger partial charge in [-0.25, -0.2) is 4.79 Å². The van der Waals surface area contributed by atoms with Crippen LogP contribution in [0.15, 0.2) is 78.9 Å². The molecule has 0 saturated carbocycles. The maximum absolute atomic E-state index is 13.8. The van der Waals surface area contributed by atoms with Gasteiger partial charge < -0.3 is 10.6 Å². The fraction of sp³-hybridized carbons (Fsp3) is 0.300. The van der Waals surface area contributed by atoms with Gasteiger partial charge in [0, 0.05) is 6.42 Å². The molecule has 1 heterocycles. The van der Waals surface area contributed by atoms with Gasteiger partial charge >= 0.3 is 6.03 Å². The van der Waals surface area contributed by atoms with Crippen molar-refractivity contribution in [2.45, 2.75) is 50.6 Å². The summed E-state index contributed by atoms with van der Waals surface area (Å²) in [7, 11) is 0. The topological polar surface area (TPSA) is 78.5 Å². The molecule has 0 unspecified atom stereocenters. The highest BCUT2D eigenvalue weighted by molar-refractivity contribution is 6.09. The first-order chi connectivity index (χ1) is 17.5. The molecule has 0 aromatic heterocycles. The number of aryl methyl sites for hydroxylation is 2. The number of imide groups is 1. The highest BCUT2D eigenvalue weighted by atomic mass is 16.2. The molecule has 4 amide bonds. The van der Waals surface area contributed by atoms with Crippen LogP contribution < -0.4 is 10.6 Å². The van der Waals surface area contributed by atoms with Gasteiger partial charge in [0.1, 0.15) is 6.54 Å². The lowest BCUT2D eigenvalue weighted by atomic mass is 9.83. The second-order valence-corrected chi connectivity index (χ2v) is 9.78. The molecule has 5 rings (SSSR count). The average Bonchev–Trinajstić information content (AvgIpc) is 3.14. The van der Waals surface area contributed by atoms with E-state index in [-0.39, 0.29) is 18.5 Å². The van der Waals surface area contributed by atoms with Crippen molar-refractivity contribution in [1.82, 2.24) is 15.5 Å². The van der Waals surface area contributed by atoms with Gasteiger partial charge in [0.2, 0.25) is 5.91 Å². The van der Waals surface area contributed by atoms with E-state index in [1.54, 1.807) is 0 Å². The van der Waals surface area contributed by atoms with Crippen LogP contribution in [0.5, 0.6) is 0 Å². The smallest absolute Gasteiger partial charge is 0.325 e. The lowest BCUT2D eigenvalue weighted by Crippen LogP contribution is -2.47. The monoisotopic (exact) mass is 481 g/mol. The number of benzene rings is 3. The number of hydrogen-bond acceptors (Lipinski definition) is 3. The van der Waals surface area contributed by atoms with Crippen LogP contribution in [0.4, 0.5) is 4.79 Å². The Kier molecular flexibility index (Phi) is 6.59. The number of fused-ring (bicyclic) bond motifs is 1. The molecule has 1 aliphatic heterocycles. The van der Waals surface area contributed by atoms with Crippen molar-refractivity contribution >= 4 is 17.8 Å². The Morgan fingerprint density at radius 3 is 2.33 bits per heavy atom. The number of rotatable bonds is 7. The number of amides is 4. The SMILES string of the molecule is C[C@@H](NC(=O)CN1C(=O)N[C@@](Cc2ccccc2)(c2ccccc2)C1=O)c1ccc2c(c1)CCCC2. The third-order valence-corrected chi connectivity index (χ3v) is 7.31. The number of carbonyl (C=O) groups is 3. The van der Waals surface area contributed by atoms with Crippen LogP contribution >= 0.6 is 0 Å². The molecule has 2 atom stereocenters. The molecule has 0 radical (unpaired) electrons. The summed E-state index contributed by atoms with van der Waals surface area (Å²) in [6.07, 6.45) is 4.88. The molecule has 2 N–H and O–H groups in total. The summed E-state index contributed by atoms with van der Waals surface area (Å²) < 4.78 is 0. The van der Waals surface area contributed by atoms with E-state index in [4.69, 9.17) is 0 Å². The molecule has 1 saturated heterocycles. The van der Waals surface area contributed by atoms with Crippen LogP contribution in [0, 0.1) is 0 Å². The molecular weight excluding hydrogens is 450 g/mol. The van der Waals surface area contributed by atoms with E-state index in [1.165, 1.54) is 24.0 Å². The van der Waals surface area contributed by atoms with E-state index >= 15 is 0 Å². The van der Waals surface area contributed by atoms with Gasteiger partial charge in [0.15, 0.2) is 5.54 Å². The van der Waals surface area contributed by atoms with Gasteiger partial charge in [0.05, 0.1) is 6.04 Å². The van der Waals surface area contributed by atoms with E-state index < -0.39 is 17.5 Å². The number of nitrogens with one attached hydrogen (secondary N) is 2. The molecule has 1 aliphatic carbocycles. The van der Waals surface area contributed by atoms with E-state index in [1.807, 2.05) is 67.6 Å². The molecule has 3 aromatic carbocycles. The van der Waals surface area contributed by atoms with E-state index in [9.17, 15) is 14.4 Å². The predicted octanol–water partition coefficient (Wildman–Crippen LogP) is 4.43. The zero-order chi connectivity index (χ0) is 25.1. The Morgan fingerprint density at radius 2 is 1.61 bits per heavy atom. The standard InChI is InChI=1S/C30H31N3O3/c1-21(24-17-16-23-12-8-9-13-25(23)18-24)31-27(34)20-33-28(35)30(32-29(33)36,26-14-6-3-7-15-26)19-22-10-4-2-5-11-22/h2-7,10-11,14-18,21H,8-9,12-13,19-20H2,1H3,(H,31,34)(H,32,36)/t21-,30+/m1/s1. The van der Waals surface area contributed by atoms with Crippen LogP contribution in [0.3, 0.4) is 0 Å². The van der Waals surface area contributed by atoms with Crippen molar-refractivity contribution in [2.24, 2.45) is 0 Å². The summed E-state index contributed by atoms with van der Waals surface area (Å²) in [5.74, 6) is -0.786. The molecule has 3 aromatic rings. The number of hydrogen-bond donors (Lipinski definition) is 2. The molecule has 184 valence electrons. The molecule has 2 aliphatic rings. The van der Waals surface area contributed by atoms with Crippen molar-refractivity contribution in [3.63, 3.8) is 0 Å². The first-order valence-electron chi connectivity index (χ1n) is 12.6. The summed E-state index contributed by atoms with van der Waals surface area (Å²) >= 11 is 0. The highest BCUT2D eigenvalue weighted by Crippen LogP contribution is 2.33. The van der Waals surface area contributed by atoms with Crippen LogP contribution in [0.25, 0.3) is 0 Å². The van der Waals surface area contributed by atoms with Gasteiger partial charge in [0.25, 0.3) is 5.91 Å². The second-order valence-electron chi connectivity index (χ2n) is 9.78. The molecular formula is C30H31N3O3. The lowest BCUT2D eigenvalue weighted by Gasteiger charge is -2.27. The van der Waals surface area contributed by atoms with Crippen LogP contribution in [0.2, 0.25) is 0 Å². The quantitative estimate of drug-likeness (QED) is 0.490. The van der Waals surface area contributed by atoms with E-state index in [0.717, 1.165) is 28.9 Å². The lowest BCUT2D eigenvalue weighted by molar-refractivity contribution is -0.135. The largest absolute Gasteiger partial charge is 0.348 e. The van der Waals surface area contributed by atoms with Gasteiger partial charge in [-0.15, -0.1) is 0 Å². The summed E-state index contributed by atoms with van der Waals surface area (Å²) in [4.78, 5) is 40.8. The van der Waals surface area contributed by atoms with Crippen molar-refractivity contribution in [2.75, 3.05) is 6.54 Å². The van der Waals surface area contributed by atoms with E-state index in [0.29, 0.717) is 12.0 Å². The second kappa shape index (κ2) is 9.97. The van der Waals surface area contributed by atoms with Crippen LogP contribution in [0.1, 0.15) is 53.6 Å². The number of carbonyl (C=O) groups excluding carboxylic acids is 3. The zero-order valence-electron chi connectivity index (χ0n) is 20.5. The molecule has 6 heteroatoms. The Balaban J connectivity index is 1.33. The molecule has 0 spiro atoms. The molecule has 36 heavy (non-hydrogen) atoms. The third-order valence-electron chi connectivity index (χ3n) is 7.31. The zero-order valence-corrected chi connectivity index (χ0v) is 20.5. The molecule has 1 fully saturated rings. The van der Waals surface area contributed by atoms with Gasteiger partial charge in [-0.05, 0) is 60.4 Å². The fourth-order valence-electron chi connectivity index (χ4n) is 5.35. The maximum atomic E-state index is 13.8. The summed E-state index contributed by atoms with van der Waals surface area (Å²) in [5, 5.41) is 5.89. The molecule has 6 nitrogen and oxygen atoms in total. The average molecular weight is 482 g/mol. The minimum Gasteiger partial charge on any atom is -0.348 e. The maximum Gasteiger partial charge on any atom is 0.325 e. The number of urea groups is 1. The third kappa shape index (κ3) is 4.63. The van der Waals surface area contributed by atoms with Crippen molar-refractivity contribution < 1.29 is 14.4 Å². The Morgan fingerprint density at radius 1 is 0.944 bits per heavy atom. The Hall–Kier alpha value is -3.93. The summed E-state index contributed by atoms with van der Waals surface area (Å²) in [5.41, 5.74) is 4.12. The van der Waals surface area contributed by atoms with E-state index in [2.05, 4.69) is 28.8 Å². The normalized spacial score (nSPS) is 20.0. The van der Waals surface area contributed by atoms with Crippen molar-refractivity contribution in [3.05, 3.63) is 107 Å². The van der Waals surface area contributed by atoms with Crippen molar-refractivity contribution in [1.29, 1.82) is 0 Å². The highest BCUT2D eigenvalue weighted by Gasteiger charge is 2.52. The van der Waals surface area contributed by atoms with Crippen molar-refractivity contribution in [3.8, 4) is 0 Å². The first kappa shape index (κ1) is 23.8. The van der Waals surface area contributed by atoms with Gasteiger partial charge in [-0.1, -0.05) is 78.9 Å². The Bertz CT molecular complexity index is 1280. The predicted molar refractivity (Wildman–Crippen MR) is 138 cm³/mol. The fourth-order valence-corrected chi connectivity index (χ4v) is 5.35. The minimum absolute atomic E-state index is 0.228. The van der Waals surface area contributed by atoms with Gasteiger partial charge in [-0.2, -0.15) is 0 Å².